The van der Waals surface area contributed by atoms with Crippen molar-refractivity contribution < 1.29 is 19.2 Å². The van der Waals surface area contributed by atoms with E-state index in [2.05, 4.69) is 17.1 Å². The third kappa shape index (κ3) is 2.80. The predicted octanol–water partition coefficient (Wildman–Crippen LogP) is 0.263. The van der Waals surface area contributed by atoms with Crippen LogP contribution in [-0.4, -0.2) is 54.2 Å². The molecular formula is C19H22N4O4. The first-order valence-corrected chi connectivity index (χ1v) is 9.14. The van der Waals surface area contributed by atoms with Crippen molar-refractivity contribution in [3.63, 3.8) is 0 Å². The topological polar surface area (TPSA) is 113 Å². The van der Waals surface area contributed by atoms with Crippen molar-refractivity contribution in [1.29, 1.82) is 0 Å². The van der Waals surface area contributed by atoms with Gasteiger partial charge in [0.1, 0.15) is 6.04 Å². The lowest BCUT2D eigenvalue weighted by atomic mass is 9.90. The molecule has 0 saturated carbocycles. The number of rotatable bonds is 3. The lowest BCUT2D eigenvalue weighted by Crippen LogP contribution is -2.54. The Bertz CT molecular complexity index is 867. The summed E-state index contributed by atoms with van der Waals surface area (Å²) in [6, 6.07) is 4.27. The van der Waals surface area contributed by atoms with Crippen molar-refractivity contribution >= 4 is 29.3 Å². The largest absolute Gasteiger partial charge is 0.371 e. The quantitative estimate of drug-likeness (QED) is 0.738. The minimum Gasteiger partial charge on any atom is -0.371 e. The van der Waals surface area contributed by atoms with Gasteiger partial charge in [-0.3, -0.25) is 29.4 Å². The van der Waals surface area contributed by atoms with Gasteiger partial charge in [0, 0.05) is 25.2 Å². The van der Waals surface area contributed by atoms with E-state index >= 15 is 0 Å². The Labute approximate surface area is 156 Å². The molecule has 2 unspecified atom stereocenters. The molecule has 2 atom stereocenters. The lowest BCUT2D eigenvalue weighted by Gasteiger charge is -2.27. The van der Waals surface area contributed by atoms with Crippen LogP contribution in [0.1, 0.15) is 46.9 Å². The van der Waals surface area contributed by atoms with Crippen LogP contribution in [0.2, 0.25) is 0 Å². The number of amides is 4. The van der Waals surface area contributed by atoms with Gasteiger partial charge in [-0.1, -0.05) is 6.92 Å². The van der Waals surface area contributed by atoms with Crippen molar-refractivity contribution in [2.75, 3.05) is 24.5 Å². The van der Waals surface area contributed by atoms with Gasteiger partial charge in [-0.2, -0.15) is 0 Å². The molecule has 0 spiro atoms. The van der Waals surface area contributed by atoms with Crippen molar-refractivity contribution in [2.24, 2.45) is 11.1 Å². The van der Waals surface area contributed by atoms with E-state index in [0.29, 0.717) is 17.7 Å². The normalized spacial score (nSPS) is 28.0. The number of imide groups is 2. The number of fused-ring (bicyclic) bond motifs is 1. The van der Waals surface area contributed by atoms with E-state index in [1.807, 2.05) is 6.07 Å². The van der Waals surface area contributed by atoms with Gasteiger partial charge in [0.25, 0.3) is 11.8 Å². The van der Waals surface area contributed by atoms with E-state index in [-0.39, 0.29) is 24.2 Å². The zero-order chi connectivity index (χ0) is 19.3. The molecule has 3 aliphatic heterocycles. The van der Waals surface area contributed by atoms with Crippen LogP contribution in [0.15, 0.2) is 18.2 Å². The number of carbonyl (C=O) groups excluding carboxylic acids is 4. The minimum atomic E-state index is -0.939. The summed E-state index contributed by atoms with van der Waals surface area (Å²) in [4.78, 5) is 52.2. The molecule has 4 rings (SSSR count). The van der Waals surface area contributed by atoms with E-state index in [9.17, 15) is 19.2 Å². The molecule has 1 aromatic rings. The lowest BCUT2D eigenvalue weighted by molar-refractivity contribution is -0.136. The van der Waals surface area contributed by atoms with Gasteiger partial charge < -0.3 is 10.6 Å². The SMILES string of the molecule is CC1(CN)CCN(c2ccc3c(c2)C(=O)N(C2CCC(=O)NC2=O)C3=O)C1. The molecule has 2 saturated heterocycles. The average molecular weight is 370 g/mol. The van der Waals surface area contributed by atoms with Gasteiger partial charge in [0.15, 0.2) is 0 Å². The Balaban J connectivity index is 1.61. The summed E-state index contributed by atoms with van der Waals surface area (Å²) in [5.74, 6) is -1.94. The van der Waals surface area contributed by atoms with E-state index in [0.717, 1.165) is 30.1 Å². The van der Waals surface area contributed by atoms with Crippen LogP contribution in [0, 0.1) is 5.41 Å². The van der Waals surface area contributed by atoms with Gasteiger partial charge in [-0.15, -0.1) is 0 Å². The second kappa shape index (κ2) is 6.16. The summed E-state index contributed by atoms with van der Waals surface area (Å²) in [6.07, 6.45) is 1.24. The van der Waals surface area contributed by atoms with E-state index < -0.39 is 23.8 Å². The van der Waals surface area contributed by atoms with Crippen LogP contribution in [0.3, 0.4) is 0 Å². The zero-order valence-electron chi connectivity index (χ0n) is 15.2. The van der Waals surface area contributed by atoms with Crippen LogP contribution in [0.5, 0.6) is 0 Å². The van der Waals surface area contributed by atoms with Crippen molar-refractivity contribution in [3.8, 4) is 0 Å². The summed E-state index contributed by atoms with van der Waals surface area (Å²) in [5.41, 5.74) is 7.39. The van der Waals surface area contributed by atoms with Crippen LogP contribution in [0.4, 0.5) is 5.69 Å². The summed E-state index contributed by atoms with van der Waals surface area (Å²) in [7, 11) is 0. The number of carbonyl (C=O) groups is 4. The fraction of sp³-hybridized carbons (Fsp3) is 0.474. The van der Waals surface area contributed by atoms with Crippen LogP contribution in [0.25, 0.3) is 0 Å². The second-order valence-corrected chi connectivity index (χ2v) is 7.86. The van der Waals surface area contributed by atoms with E-state index in [1.165, 1.54) is 0 Å². The standard InChI is InChI=1S/C19H22N4O4/c1-19(9-20)6-7-22(10-19)11-2-3-12-13(8-11)18(27)23(17(12)26)14-4-5-15(24)21-16(14)25/h2-3,8,14H,4-7,9-10,20H2,1H3,(H,21,24,25). The highest BCUT2D eigenvalue weighted by molar-refractivity contribution is 6.23. The molecule has 0 aromatic heterocycles. The van der Waals surface area contributed by atoms with Crippen LogP contribution >= 0.6 is 0 Å². The van der Waals surface area contributed by atoms with Crippen molar-refractivity contribution in [1.82, 2.24) is 10.2 Å². The predicted molar refractivity (Wildman–Crippen MR) is 97.1 cm³/mol. The molecule has 1 aromatic carbocycles. The Morgan fingerprint density at radius 2 is 1.93 bits per heavy atom. The first kappa shape index (κ1) is 17.7. The third-order valence-corrected chi connectivity index (χ3v) is 5.84. The molecule has 0 bridgehead atoms. The molecule has 8 nitrogen and oxygen atoms in total. The van der Waals surface area contributed by atoms with Gasteiger partial charge >= 0.3 is 0 Å². The zero-order valence-corrected chi connectivity index (χ0v) is 15.2. The van der Waals surface area contributed by atoms with Gasteiger partial charge in [-0.25, -0.2) is 0 Å². The molecular weight excluding hydrogens is 348 g/mol. The maximum absolute atomic E-state index is 12.9. The number of hydrogen-bond donors (Lipinski definition) is 2. The monoisotopic (exact) mass is 370 g/mol. The number of nitrogens with zero attached hydrogens (tertiary/aromatic N) is 2. The van der Waals surface area contributed by atoms with Gasteiger partial charge in [0.2, 0.25) is 11.8 Å². The molecule has 0 aliphatic carbocycles. The maximum atomic E-state index is 12.9. The maximum Gasteiger partial charge on any atom is 0.262 e. The molecule has 0 radical (unpaired) electrons. The first-order chi connectivity index (χ1) is 12.8. The number of nitrogens with two attached hydrogens (primary N) is 1. The second-order valence-electron chi connectivity index (χ2n) is 7.86. The molecule has 3 N–H and O–H groups in total. The molecule has 8 heteroatoms. The van der Waals surface area contributed by atoms with Gasteiger partial charge in [0.05, 0.1) is 11.1 Å². The fourth-order valence-corrected chi connectivity index (χ4v) is 4.07. The highest BCUT2D eigenvalue weighted by atomic mass is 16.2. The van der Waals surface area contributed by atoms with Crippen molar-refractivity contribution in [3.05, 3.63) is 29.3 Å². The minimum absolute atomic E-state index is 0.0393. The van der Waals surface area contributed by atoms with E-state index in [4.69, 9.17) is 5.73 Å². The summed E-state index contributed by atoms with van der Waals surface area (Å²) < 4.78 is 0. The first-order valence-electron chi connectivity index (χ1n) is 9.14. The highest BCUT2D eigenvalue weighted by Gasteiger charge is 2.45. The number of piperidine rings is 1. The molecule has 4 amide bonds. The summed E-state index contributed by atoms with van der Waals surface area (Å²) >= 11 is 0. The van der Waals surface area contributed by atoms with Gasteiger partial charge in [-0.05, 0) is 43.0 Å². The molecule has 3 aliphatic rings. The van der Waals surface area contributed by atoms with Crippen molar-refractivity contribution in [2.45, 2.75) is 32.2 Å². The third-order valence-electron chi connectivity index (χ3n) is 5.84. The summed E-state index contributed by atoms with van der Waals surface area (Å²) in [5, 5.41) is 2.20. The summed E-state index contributed by atoms with van der Waals surface area (Å²) in [6.45, 7) is 4.36. The van der Waals surface area contributed by atoms with Crippen LogP contribution < -0.4 is 16.0 Å². The smallest absolute Gasteiger partial charge is 0.262 e. The molecule has 27 heavy (non-hydrogen) atoms. The number of nitrogens with one attached hydrogen (secondary N) is 1. The van der Waals surface area contributed by atoms with E-state index in [1.54, 1.807) is 12.1 Å². The van der Waals surface area contributed by atoms with Crippen LogP contribution in [-0.2, 0) is 9.59 Å². The number of anilines is 1. The average Bonchev–Trinajstić information content (AvgIpc) is 3.15. The molecule has 3 heterocycles. The molecule has 2 fully saturated rings. The fourth-order valence-electron chi connectivity index (χ4n) is 4.07. The Morgan fingerprint density at radius 1 is 1.19 bits per heavy atom. The Hall–Kier alpha value is -2.74. The Kier molecular flexibility index (Phi) is 4.03. The highest BCUT2D eigenvalue weighted by Crippen LogP contribution is 2.35. The Morgan fingerprint density at radius 3 is 2.59 bits per heavy atom. The number of hydrogen-bond acceptors (Lipinski definition) is 6. The molecule has 142 valence electrons. The number of benzene rings is 1.